The summed E-state index contributed by atoms with van der Waals surface area (Å²) < 4.78 is 19.6. The van der Waals surface area contributed by atoms with E-state index in [0.717, 1.165) is 5.69 Å². The summed E-state index contributed by atoms with van der Waals surface area (Å²) in [4.78, 5) is 17.9. The highest BCUT2D eigenvalue weighted by Gasteiger charge is 2.14. The molecular formula is C19H17ClFN3O2S. The Labute approximate surface area is 165 Å². The number of halogens is 2. The van der Waals surface area contributed by atoms with Gasteiger partial charge in [0, 0.05) is 34.8 Å². The molecule has 2 aromatic carbocycles. The number of rotatable bonds is 6. The number of nitrogens with one attached hydrogen (secondary N) is 1. The Balaban J connectivity index is 1.60. The van der Waals surface area contributed by atoms with Crippen LogP contribution in [0.1, 0.15) is 11.3 Å². The predicted octanol–water partition coefficient (Wildman–Crippen LogP) is 5.18. The number of anilines is 1. The number of aromatic nitrogens is 1. The van der Waals surface area contributed by atoms with Gasteiger partial charge in [-0.3, -0.25) is 0 Å². The topological polar surface area (TPSA) is 54.5 Å². The van der Waals surface area contributed by atoms with E-state index in [1.165, 1.54) is 28.4 Å². The summed E-state index contributed by atoms with van der Waals surface area (Å²) in [5, 5.41) is 4.96. The van der Waals surface area contributed by atoms with Crippen molar-refractivity contribution < 1.29 is 13.9 Å². The smallest absolute Gasteiger partial charge is 0.321 e. The summed E-state index contributed by atoms with van der Waals surface area (Å²) in [5.41, 5.74) is 3.43. The minimum absolute atomic E-state index is 0.0529. The zero-order valence-electron chi connectivity index (χ0n) is 14.5. The third kappa shape index (κ3) is 5.18. The molecule has 0 aliphatic heterocycles. The van der Waals surface area contributed by atoms with Crippen molar-refractivity contribution in [3.8, 4) is 5.75 Å². The van der Waals surface area contributed by atoms with E-state index in [9.17, 15) is 9.18 Å². The van der Waals surface area contributed by atoms with E-state index in [4.69, 9.17) is 16.3 Å². The van der Waals surface area contributed by atoms with Crippen molar-refractivity contribution in [2.45, 2.75) is 13.2 Å². The Kier molecular flexibility index (Phi) is 6.26. The summed E-state index contributed by atoms with van der Waals surface area (Å²) in [6.07, 6.45) is 0. The van der Waals surface area contributed by atoms with E-state index in [1.54, 1.807) is 42.9 Å². The van der Waals surface area contributed by atoms with Gasteiger partial charge in [0.1, 0.15) is 18.2 Å². The number of amides is 2. The Bertz CT molecular complexity index is 901. The number of hydrogen-bond acceptors (Lipinski definition) is 4. The summed E-state index contributed by atoms with van der Waals surface area (Å²) in [6.45, 7) is 0.407. The van der Waals surface area contributed by atoms with Crippen LogP contribution in [0.4, 0.5) is 14.9 Å². The molecule has 8 heteroatoms. The van der Waals surface area contributed by atoms with E-state index in [2.05, 4.69) is 10.3 Å². The first-order valence-corrected chi connectivity index (χ1v) is 9.40. The zero-order valence-corrected chi connectivity index (χ0v) is 16.1. The Hall–Kier alpha value is -2.64. The lowest BCUT2D eigenvalue weighted by Gasteiger charge is -2.19. The van der Waals surface area contributed by atoms with Crippen LogP contribution in [0.2, 0.25) is 5.02 Å². The lowest BCUT2D eigenvalue weighted by molar-refractivity contribution is 0.220. The summed E-state index contributed by atoms with van der Waals surface area (Å²) in [7, 11) is 1.57. The molecule has 0 fully saturated rings. The molecule has 1 aromatic heterocycles. The number of hydrogen-bond donors (Lipinski definition) is 1. The van der Waals surface area contributed by atoms with Crippen molar-refractivity contribution >= 4 is 34.7 Å². The molecule has 3 rings (SSSR count). The summed E-state index contributed by atoms with van der Waals surface area (Å²) >= 11 is 7.52. The van der Waals surface area contributed by atoms with E-state index in [0.29, 0.717) is 18.0 Å². The predicted molar refractivity (Wildman–Crippen MR) is 105 cm³/mol. The normalized spacial score (nSPS) is 10.5. The van der Waals surface area contributed by atoms with Gasteiger partial charge >= 0.3 is 6.03 Å². The lowest BCUT2D eigenvalue weighted by atomic mass is 10.2. The Morgan fingerprint density at radius 2 is 2.15 bits per heavy atom. The van der Waals surface area contributed by atoms with Crippen molar-refractivity contribution in [1.82, 2.24) is 9.88 Å². The molecule has 0 atom stereocenters. The van der Waals surface area contributed by atoms with Gasteiger partial charge in [0.25, 0.3) is 0 Å². The fourth-order valence-corrected chi connectivity index (χ4v) is 3.11. The number of carbonyl (C=O) groups is 1. The molecule has 0 spiro atoms. The highest BCUT2D eigenvalue weighted by molar-refractivity contribution is 7.07. The Morgan fingerprint density at radius 1 is 1.33 bits per heavy atom. The fraction of sp³-hybridized carbons (Fsp3) is 0.158. The highest BCUT2D eigenvalue weighted by atomic mass is 35.5. The van der Waals surface area contributed by atoms with Gasteiger partial charge < -0.3 is 15.0 Å². The van der Waals surface area contributed by atoms with Gasteiger partial charge in [-0.15, -0.1) is 11.3 Å². The van der Waals surface area contributed by atoms with Crippen LogP contribution in [0.15, 0.2) is 53.4 Å². The molecule has 1 N–H and O–H groups in total. The molecule has 0 aliphatic carbocycles. The molecule has 140 valence electrons. The molecular weight excluding hydrogens is 389 g/mol. The summed E-state index contributed by atoms with van der Waals surface area (Å²) in [6, 6.07) is 11.1. The first-order valence-electron chi connectivity index (χ1n) is 8.08. The molecule has 0 radical (unpaired) electrons. The molecule has 0 aliphatic rings. The van der Waals surface area contributed by atoms with Crippen molar-refractivity contribution in [3.63, 3.8) is 0 Å². The standard InChI is InChI=1S/C19H17ClFN3O2S/c1-24(9-16-17(20)6-3-7-18(16)21)19(25)23-13-4-2-5-15(8-13)26-10-14-11-27-12-22-14/h2-8,11-12H,9-10H2,1H3,(H,23,25). The molecule has 0 saturated heterocycles. The zero-order chi connectivity index (χ0) is 19.2. The van der Waals surface area contributed by atoms with Crippen LogP contribution in [0.25, 0.3) is 0 Å². The second-order valence-corrected chi connectivity index (χ2v) is 6.91. The number of thiazole rings is 1. The molecule has 0 saturated carbocycles. The van der Waals surface area contributed by atoms with Crippen LogP contribution in [0.5, 0.6) is 5.75 Å². The van der Waals surface area contributed by atoms with Crippen LogP contribution in [0, 0.1) is 5.82 Å². The van der Waals surface area contributed by atoms with Crippen molar-refractivity contribution in [2.75, 3.05) is 12.4 Å². The molecule has 3 aromatic rings. The maximum Gasteiger partial charge on any atom is 0.321 e. The van der Waals surface area contributed by atoms with Gasteiger partial charge in [-0.05, 0) is 24.3 Å². The quantitative estimate of drug-likeness (QED) is 0.614. The van der Waals surface area contributed by atoms with Crippen molar-refractivity contribution in [3.05, 3.63) is 75.5 Å². The molecule has 5 nitrogen and oxygen atoms in total. The number of benzene rings is 2. The van der Waals surface area contributed by atoms with Crippen LogP contribution in [0.3, 0.4) is 0 Å². The number of ether oxygens (including phenoxy) is 1. The van der Waals surface area contributed by atoms with Crippen LogP contribution >= 0.6 is 22.9 Å². The highest BCUT2D eigenvalue weighted by Crippen LogP contribution is 2.22. The van der Waals surface area contributed by atoms with Crippen molar-refractivity contribution in [2.24, 2.45) is 0 Å². The van der Waals surface area contributed by atoms with Crippen molar-refractivity contribution in [1.29, 1.82) is 0 Å². The number of carbonyl (C=O) groups excluding carboxylic acids is 1. The third-order valence-electron chi connectivity index (χ3n) is 3.76. The van der Waals surface area contributed by atoms with Crippen LogP contribution < -0.4 is 10.1 Å². The minimum Gasteiger partial charge on any atom is -0.487 e. The first-order chi connectivity index (χ1) is 13.0. The van der Waals surface area contributed by atoms with Gasteiger partial charge in [0.2, 0.25) is 0 Å². The average molecular weight is 406 g/mol. The first kappa shape index (κ1) is 19.1. The summed E-state index contributed by atoms with van der Waals surface area (Å²) in [5.74, 6) is 0.167. The second-order valence-electron chi connectivity index (χ2n) is 5.78. The second kappa shape index (κ2) is 8.83. The van der Waals surface area contributed by atoms with Crippen LogP contribution in [-0.4, -0.2) is 23.0 Å². The number of nitrogens with zero attached hydrogens (tertiary/aromatic N) is 2. The van der Waals surface area contributed by atoms with E-state index >= 15 is 0 Å². The van der Waals surface area contributed by atoms with Gasteiger partial charge in [0.15, 0.2) is 0 Å². The molecule has 2 amide bonds. The monoisotopic (exact) mass is 405 g/mol. The largest absolute Gasteiger partial charge is 0.487 e. The average Bonchev–Trinajstić information content (AvgIpc) is 3.17. The molecule has 1 heterocycles. The van der Waals surface area contributed by atoms with E-state index in [-0.39, 0.29) is 23.2 Å². The van der Waals surface area contributed by atoms with E-state index in [1.807, 2.05) is 5.38 Å². The van der Waals surface area contributed by atoms with Crippen LogP contribution in [-0.2, 0) is 13.2 Å². The number of urea groups is 1. The van der Waals surface area contributed by atoms with Gasteiger partial charge in [0.05, 0.1) is 17.7 Å². The minimum atomic E-state index is -0.445. The SMILES string of the molecule is CN(Cc1c(F)cccc1Cl)C(=O)Nc1cccc(OCc2cscn2)c1. The molecule has 27 heavy (non-hydrogen) atoms. The molecule has 0 bridgehead atoms. The Morgan fingerprint density at radius 3 is 2.89 bits per heavy atom. The third-order valence-corrected chi connectivity index (χ3v) is 4.75. The fourth-order valence-electron chi connectivity index (χ4n) is 2.34. The van der Waals surface area contributed by atoms with Gasteiger partial charge in [-0.1, -0.05) is 23.7 Å². The lowest BCUT2D eigenvalue weighted by Crippen LogP contribution is -2.31. The maximum absolute atomic E-state index is 13.9. The maximum atomic E-state index is 13.9. The van der Waals surface area contributed by atoms with E-state index < -0.39 is 5.82 Å². The van der Waals surface area contributed by atoms with Gasteiger partial charge in [-0.25, -0.2) is 14.2 Å². The molecule has 0 unspecified atom stereocenters. The van der Waals surface area contributed by atoms with Gasteiger partial charge in [-0.2, -0.15) is 0 Å².